The Balaban J connectivity index is 1.71. The van der Waals surface area contributed by atoms with Crippen molar-refractivity contribution in [3.05, 3.63) is 51.9 Å². The minimum absolute atomic E-state index is 0.000807. The van der Waals surface area contributed by atoms with Gasteiger partial charge in [0.15, 0.2) is 0 Å². The van der Waals surface area contributed by atoms with Crippen molar-refractivity contribution in [1.29, 1.82) is 0 Å². The molecule has 1 aliphatic carbocycles. The number of fused-ring (bicyclic) bond motifs is 1. The Hall–Kier alpha value is -0.920. The second-order valence-electron chi connectivity index (χ2n) is 5.55. The molecule has 0 radical (unpaired) electrons. The van der Waals surface area contributed by atoms with E-state index in [9.17, 15) is 13.5 Å². The maximum Gasteiger partial charge on any atom is 0.250 e. The van der Waals surface area contributed by atoms with Crippen LogP contribution in [-0.4, -0.2) is 25.7 Å². The lowest BCUT2D eigenvalue weighted by atomic mass is 9.80. The minimum atomic E-state index is -3.63. The number of sulfonamides is 1. The molecular weight excluding hydrogens is 342 g/mol. The smallest absolute Gasteiger partial charge is 0.250 e. The van der Waals surface area contributed by atoms with Gasteiger partial charge in [0.1, 0.15) is 4.21 Å². The van der Waals surface area contributed by atoms with E-state index in [4.69, 9.17) is 11.6 Å². The van der Waals surface area contributed by atoms with Gasteiger partial charge in [0.25, 0.3) is 0 Å². The third kappa shape index (κ3) is 3.36. The van der Waals surface area contributed by atoms with E-state index in [0.717, 1.165) is 23.3 Å². The maximum atomic E-state index is 12.2. The third-order valence-corrected chi connectivity index (χ3v) is 7.03. The lowest BCUT2D eigenvalue weighted by molar-refractivity contribution is 0.0317. The van der Waals surface area contributed by atoms with Crippen LogP contribution in [0, 0.1) is 0 Å². The number of aliphatic hydroxyl groups is 1. The third-order valence-electron chi connectivity index (χ3n) is 3.90. The van der Waals surface area contributed by atoms with Crippen molar-refractivity contribution in [3.8, 4) is 0 Å². The van der Waals surface area contributed by atoms with Crippen molar-refractivity contribution in [3.63, 3.8) is 0 Å². The lowest BCUT2D eigenvalue weighted by Crippen LogP contribution is -2.46. The minimum Gasteiger partial charge on any atom is -0.388 e. The molecule has 1 aromatic heterocycles. The molecule has 0 saturated heterocycles. The number of halogens is 1. The summed E-state index contributed by atoms with van der Waals surface area (Å²) in [5, 5.41) is 10.7. The van der Waals surface area contributed by atoms with E-state index in [1.807, 2.05) is 24.3 Å². The van der Waals surface area contributed by atoms with Crippen LogP contribution in [0.4, 0.5) is 0 Å². The van der Waals surface area contributed by atoms with E-state index in [0.29, 0.717) is 17.2 Å². The van der Waals surface area contributed by atoms with Crippen LogP contribution in [0.2, 0.25) is 4.34 Å². The molecule has 0 fully saturated rings. The Bertz CT molecular complexity index is 788. The van der Waals surface area contributed by atoms with Gasteiger partial charge in [0.2, 0.25) is 10.0 Å². The molecule has 7 heteroatoms. The molecule has 118 valence electrons. The average molecular weight is 358 g/mol. The van der Waals surface area contributed by atoms with E-state index < -0.39 is 15.6 Å². The molecule has 4 nitrogen and oxygen atoms in total. The molecule has 3 rings (SSSR count). The fourth-order valence-corrected chi connectivity index (χ4v) is 5.32. The first-order chi connectivity index (χ1) is 10.4. The summed E-state index contributed by atoms with van der Waals surface area (Å²) in [7, 11) is -3.63. The molecule has 1 atom stereocenters. The van der Waals surface area contributed by atoms with Crippen molar-refractivity contribution in [2.24, 2.45) is 0 Å². The molecular formula is C15H16ClNO3S2. The summed E-state index contributed by atoms with van der Waals surface area (Å²) < 4.78 is 27.5. The Morgan fingerprint density at radius 1 is 1.23 bits per heavy atom. The predicted molar refractivity (Wildman–Crippen MR) is 87.9 cm³/mol. The van der Waals surface area contributed by atoms with Gasteiger partial charge in [-0.2, -0.15) is 0 Å². The van der Waals surface area contributed by atoms with Gasteiger partial charge >= 0.3 is 0 Å². The summed E-state index contributed by atoms with van der Waals surface area (Å²) in [5.74, 6) is 0. The highest BCUT2D eigenvalue weighted by Gasteiger charge is 2.33. The Kier molecular flexibility index (Phi) is 4.31. The predicted octanol–water partition coefficient (Wildman–Crippen LogP) is 2.60. The standard InChI is InChI=1S/C15H16ClNO3S2/c16-13-5-6-14(21-13)22(19,20)17-10-15(18)8-7-11-3-1-2-4-12(11)9-15/h1-6,17-18H,7-10H2. The zero-order chi connectivity index (χ0) is 15.8. The molecule has 1 heterocycles. The van der Waals surface area contributed by atoms with Crippen LogP contribution in [0.3, 0.4) is 0 Å². The van der Waals surface area contributed by atoms with Gasteiger partial charge in [-0.05, 0) is 36.1 Å². The second-order valence-corrected chi connectivity index (χ2v) is 9.26. The van der Waals surface area contributed by atoms with Crippen molar-refractivity contribution in [2.45, 2.75) is 29.1 Å². The molecule has 1 unspecified atom stereocenters. The molecule has 22 heavy (non-hydrogen) atoms. The highest BCUT2D eigenvalue weighted by Crippen LogP contribution is 2.29. The van der Waals surface area contributed by atoms with Crippen LogP contribution in [-0.2, 0) is 22.9 Å². The number of hydrogen-bond donors (Lipinski definition) is 2. The van der Waals surface area contributed by atoms with Gasteiger partial charge in [-0.1, -0.05) is 35.9 Å². The van der Waals surface area contributed by atoms with Gasteiger partial charge < -0.3 is 5.11 Å². The summed E-state index contributed by atoms with van der Waals surface area (Å²) in [6, 6.07) is 11.0. The van der Waals surface area contributed by atoms with Gasteiger partial charge in [0, 0.05) is 13.0 Å². The van der Waals surface area contributed by atoms with E-state index in [-0.39, 0.29) is 10.8 Å². The number of aryl methyl sites for hydroxylation is 1. The van der Waals surface area contributed by atoms with E-state index >= 15 is 0 Å². The Labute approximate surface area is 138 Å². The van der Waals surface area contributed by atoms with Gasteiger partial charge in [0.05, 0.1) is 9.94 Å². The SMILES string of the molecule is O=S(=O)(NCC1(O)CCc2ccccc2C1)c1ccc(Cl)s1. The van der Waals surface area contributed by atoms with Crippen molar-refractivity contribution >= 4 is 33.0 Å². The molecule has 0 aliphatic heterocycles. The number of nitrogens with one attached hydrogen (secondary N) is 1. The normalized spacial score (nSPS) is 21.5. The Morgan fingerprint density at radius 2 is 1.95 bits per heavy atom. The Morgan fingerprint density at radius 3 is 2.64 bits per heavy atom. The quantitative estimate of drug-likeness (QED) is 0.883. The first-order valence-corrected chi connectivity index (χ1v) is 9.60. The summed E-state index contributed by atoms with van der Waals surface area (Å²) >= 11 is 6.78. The van der Waals surface area contributed by atoms with Crippen LogP contribution in [0.5, 0.6) is 0 Å². The fourth-order valence-electron chi connectivity index (χ4n) is 2.68. The van der Waals surface area contributed by atoms with Gasteiger partial charge in [-0.25, -0.2) is 13.1 Å². The summed E-state index contributed by atoms with van der Waals surface area (Å²) in [6.07, 6.45) is 1.74. The topological polar surface area (TPSA) is 66.4 Å². The highest BCUT2D eigenvalue weighted by molar-refractivity contribution is 7.91. The maximum absolute atomic E-state index is 12.2. The summed E-state index contributed by atoms with van der Waals surface area (Å²) in [4.78, 5) is 0. The number of thiophene rings is 1. The van der Waals surface area contributed by atoms with Crippen molar-refractivity contribution < 1.29 is 13.5 Å². The molecule has 0 saturated carbocycles. The molecule has 0 spiro atoms. The number of hydrogen-bond acceptors (Lipinski definition) is 4. The van der Waals surface area contributed by atoms with Crippen LogP contribution >= 0.6 is 22.9 Å². The van der Waals surface area contributed by atoms with Crippen LogP contribution < -0.4 is 4.72 Å². The van der Waals surface area contributed by atoms with Crippen LogP contribution in [0.1, 0.15) is 17.5 Å². The molecule has 0 bridgehead atoms. The monoisotopic (exact) mass is 357 g/mol. The molecule has 0 amide bonds. The van der Waals surface area contributed by atoms with E-state index in [1.165, 1.54) is 11.6 Å². The summed E-state index contributed by atoms with van der Waals surface area (Å²) in [5.41, 5.74) is 1.25. The first kappa shape index (κ1) is 16.0. The van der Waals surface area contributed by atoms with Gasteiger partial charge in [-0.15, -0.1) is 11.3 Å². The van der Waals surface area contributed by atoms with E-state index in [1.54, 1.807) is 6.07 Å². The molecule has 1 aliphatic rings. The van der Waals surface area contributed by atoms with Crippen molar-refractivity contribution in [2.75, 3.05) is 6.54 Å². The average Bonchev–Trinajstić information content (AvgIpc) is 2.93. The van der Waals surface area contributed by atoms with Crippen LogP contribution in [0.25, 0.3) is 0 Å². The molecule has 2 aromatic rings. The van der Waals surface area contributed by atoms with Crippen molar-refractivity contribution in [1.82, 2.24) is 4.72 Å². The zero-order valence-corrected chi connectivity index (χ0v) is 14.1. The fraction of sp³-hybridized carbons (Fsp3) is 0.333. The molecule has 2 N–H and O–H groups in total. The number of benzene rings is 1. The largest absolute Gasteiger partial charge is 0.388 e. The number of rotatable bonds is 4. The van der Waals surface area contributed by atoms with E-state index in [2.05, 4.69) is 4.72 Å². The zero-order valence-electron chi connectivity index (χ0n) is 11.8. The summed E-state index contributed by atoms with van der Waals surface area (Å²) in [6.45, 7) is -0.000807. The first-order valence-electron chi connectivity index (χ1n) is 6.92. The molecule has 1 aromatic carbocycles. The highest BCUT2D eigenvalue weighted by atomic mass is 35.5. The lowest BCUT2D eigenvalue weighted by Gasteiger charge is -2.33. The van der Waals surface area contributed by atoms with Gasteiger partial charge in [-0.3, -0.25) is 0 Å². The second kappa shape index (κ2) is 5.94. The van der Waals surface area contributed by atoms with Crippen LogP contribution in [0.15, 0.2) is 40.6 Å².